The predicted octanol–water partition coefficient (Wildman–Crippen LogP) is 12.7. The molecule has 0 unspecified atom stereocenters. The van der Waals surface area contributed by atoms with Gasteiger partial charge in [0, 0.05) is 58.9 Å². The van der Waals surface area contributed by atoms with Crippen molar-refractivity contribution in [1.82, 2.24) is 0 Å². The Kier molecular flexibility index (Phi) is 11.3. The van der Waals surface area contributed by atoms with E-state index in [0.29, 0.717) is 6.04 Å². The summed E-state index contributed by atoms with van der Waals surface area (Å²) in [6.45, 7) is 10.8. The average molecular weight is 646 g/mol. The lowest BCUT2D eigenvalue weighted by Gasteiger charge is -2.27. The smallest absolute Gasteiger partial charge is 0.0422 e. The van der Waals surface area contributed by atoms with E-state index >= 15 is 0 Å². The van der Waals surface area contributed by atoms with Crippen molar-refractivity contribution >= 4 is 39.2 Å². The Balaban J connectivity index is 1.44. The van der Waals surface area contributed by atoms with Gasteiger partial charge < -0.3 is 15.1 Å². The van der Waals surface area contributed by atoms with Crippen LogP contribution in [0.25, 0.3) is 10.8 Å². The van der Waals surface area contributed by atoms with Gasteiger partial charge in [-0.05, 0) is 103 Å². The van der Waals surface area contributed by atoms with E-state index in [4.69, 9.17) is 0 Å². The van der Waals surface area contributed by atoms with Crippen molar-refractivity contribution in [2.75, 3.05) is 28.2 Å². The number of hydrogen-bond acceptors (Lipinski definition) is 3. The summed E-state index contributed by atoms with van der Waals surface area (Å²) in [5.74, 6) is 0.0720. The molecule has 0 aliphatic carbocycles. The van der Waals surface area contributed by atoms with Crippen LogP contribution in [0, 0.1) is 0 Å². The summed E-state index contributed by atoms with van der Waals surface area (Å²) in [6, 6.07) is 54.0. The zero-order valence-electron chi connectivity index (χ0n) is 29.6. The molecule has 0 heterocycles. The summed E-state index contributed by atoms with van der Waals surface area (Å²) in [7, 11) is 0. The third-order valence-electron chi connectivity index (χ3n) is 9.75. The first-order chi connectivity index (χ1) is 24.1. The Morgan fingerprint density at radius 3 is 1.33 bits per heavy atom. The van der Waals surface area contributed by atoms with Crippen molar-refractivity contribution in [1.29, 1.82) is 0 Å². The molecule has 3 heteroatoms. The Morgan fingerprint density at radius 1 is 0.449 bits per heavy atom. The number of nitrogens with zero attached hydrogens (tertiary/aromatic N) is 2. The van der Waals surface area contributed by atoms with E-state index in [1.54, 1.807) is 0 Å². The van der Waals surface area contributed by atoms with E-state index in [1.807, 2.05) is 0 Å². The van der Waals surface area contributed by atoms with Gasteiger partial charge in [-0.2, -0.15) is 0 Å². The van der Waals surface area contributed by atoms with Crippen molar-refractivity contribution in [2.45, 2.75) is 65.3 Å². The standard InChI is InChI=1S/C46H51N3/c1-5-17-37(18-6-2)47-45-34-33-44(42-23-15-16-24-43(42)45)46(35-25-29-40(30-26-35)48(7-3)38-19-11-9-12-20-38)36-27-31-41(32-28-36)49(8-4)39-21-13-10-14-22-39/h9-16,19-34,37,46-47H,5-8,17-18H2,1-4H3. The van der Waals surface area contributed by atoms with Crippen LogP contribution in [0.1, 0.15) is 76.0 Å². The summed E-state index contributed by atoms with van der Waals surface area (Å²) < 4.78 is 0. The Bertz CT molecular complexity index is 1780. The van der Waals surface area contributed by atoms with E-state index in [-0.39, 0.29) is 5.92 Å². The highest BCUT2D eigenvalue weighted by atomic mass is 15.1. The highest BCUT2D eigenvalue weighted by Gasteiger charge is 2.22. The van der Waals surface area contributed by atoms with Crippen LogP contribution in [-0.4, -0.2) is 19.1 Å². The van der Waals surface area contributed by atoms with Crippen LogP contribution in [-0.2, 0) is 0 Å². The minimum absolute atomic E-state index is 0.0720. The molecule has 6 aromatic carbocycles. The van der Waals surface area contributed by atoms with Gasteiger partial charge in [0.25, 0.3) is 0 Å². The zero-order chi connectivity index (χ0) is 34.0. The molecule has 0 bridgehead atoms. The molecule has 49 heavy (non-hydrogen) atoms. The second kappa shape index (κ2) is 16.4. The van der Waals surface area contributed by atoms with Gasteiger partial charge in [-0.3, -0.25) is 0 Å². The predicted molar refractivity (Wildman–Crippen MR) is 213 cm³/mol. The highest BCUT2D eigenvalue weighted by Crippen LogP contribution is 2.40. The SMILES string of the molecule is CCCC(CCC)Nc1ccc(C(c2ccc(N(CC)c3ccccc3)cc2)c2ccc(N(CC)c3ccccc3)cc2)c2ccccc12. The normalized spacial score (nSPS) is 11.3. The fraction of sp³-hybridized carbons (Fsp3) is 0.261. The molecular formula is C46H51N3. The molecule has 3 nitrogen and oxygen atoms in total. The monoisotopic (exact) mass is 645 g/mol. The minimum Gasteiger partial charge on any atom is -0.382 e. The van der Waals surface area contributed by atoms with E-state index in [9.17, 15) is 0 Å². The quantitative estimate of drug-likeness (QED) is 0.112. The molecule has 0 aromatic heterocycles. The molecule has 0 saturated carbocycles. The van der Waals surface area contributed by atoms with E-state index in [2.05, 4.69) is 188 Å². The van der Waals surface area contributed by atoms with E-state index in [1.165, 1.54) is 81.6 Å². The number of rotatable bonds is 15. The van der Waals surface area contributed by atoms with Crippen LogP contribution < -0.4 is 15.1 Å². The first-order valence-corrected chi connectivity index (χ1v) is 18.3. The molecule has 0 aliphatic rings. The second-order valence-electron chi connectivity index (χ2n) is 12.9. The number of anilines is 5. The maximum atomic E-state index is 3.94. The number of para-hydroxylation sites is 2. The fourth-order valence-corrected chi connectivity index (χ4v) is 7.39. The molecular weight excluding hydrogens is 595 g/mol. The maximum absolute atomic E-state index is 3.94. The van der Waals surface area contributed by atoms with Gasteiger partial charge in [-0.15, -0.1) is 0 Å². The Morgan fingerprint density at radius 2 is 0.878 bits per heavy atom. The number of hydrogen-bond donors (Lipinski definition) is 1. The molecule has 0 fully saturated rings. The maximum Gasteiger partial charge on any atom is 0.0422 e. The summed E-state index contributed by atoms with van der Waals surface area (Å²) in [4.78, 5) is 4.74. The summed E-state index contributed by atoms with van der Waals surface area (Å²) in [5, 5.41) is 6.53. The zero-order valence-corrected chi connectivity index (χ0v) is 29.6. The summed E-state index contributed by atoms with van der Waals surface area (Å²) in [5.41, 5.74) is 9.97. The lowest BCUT2D eigenvalue weighted by Crippen LogP contribution is -2.19. The largest absolute Gasteiger partial charge is 0.382 e. The summed E-state index contributed by atoms with van der Waals surface area (Å²) >= 11 is 0. The fourth-order valence-electron chi connectivity index (χ4n) is 7.39. The molecule has 6 rings (SSSR count). The van der Waals surface area contributed by atoms with Crippen LogP contribution in [0.5, 0.6) is 0 Å². The third-order valence-corrected chi connectivity index (χ3v) is 9.75. The Hall–Kier alpha value is -5.02. The van der Waals surface area contributed by atoms with Crippen molar-refractivity contribution in [2.24, 2.45) is 0 Å². The average Bonchev–Trinajstić information content (AvgIpc) is 3.15. The molecule has 6 aromatic rings. The second-order valence-corrected chi connectivity index (χ2v) is 12.9. The molecule has 250 valence electrons. The molecule has 0 atom stereocenters. The van der Waals surface area contributed by atoms with Crippen LogP contribution in [0.3, 0.4) is 0 Å². The molecule has 0 aliphatic heterocycles. The van der Waals surface area contributed by atoms with E-state index in [0.717, 1.165) is 13.1 Å². The molecule has 0 spiro atoms. The Labute approximate surface area is 294 Å². The van der Waals surface area contributed by atoms with Gasteiger partial charge in [0.2, 0.25) is 0 Å². The van der Waals surface area contributed by atoms with Crippen molar-refractivity contribution in [3.8, 4) is 0 Å². The third kappa shape index (κ3) is 7.67. The topological polar surface area (TPSA) is 18.5 Å². The number of benzene rings is 6. The van der Waals surface area contributed by atoms with E-state index < -0.39 is 0 Å². The van der Waals surface area contributed by atoms with Crippen molar-refractivity contribution in [3.05, 3.63) is 162 Å². The molecule has 0 amide bonds. The lowest BCUT2D eigenvalue weighted by atomic mass is 9.82. The van der Waals surface area contributed by atoms with Gasteiger partial charge in [0.1, 0.15) is 0 Å². The minimum atomic E-state index is 0.0720. The van der Waals surface area contributed by atoms with Crippen LogP contribution >= 0.6 is 0 Å². The number of fused-ring (bicyclic) bond motifs is 1. The van der Waals surface area contributed by atoms with Crippen LogP contribution in [0.4, 0.5) is 28.4 Å². The number of nitrogens with one attached hydrogen (secondary N) is 1. The van der Waals surface area contributed by atoms with Crippen molar-refractivity contribution < 1.29 is 0 Å². The van der Waals surface area contributed by atoms with Gasteiger partial charge in [-0.25, -0.2) is 0 Å². The van der Waals surface area contributed by atoms with Gasteiger partial charge in [-0.1, -0.05) is 118 Å². The van der Waals surface area contributed by atoms with Gasteiger partial charge in [0.15, 0.2) is 0 Å². The summed E-state index contributed by atoms with van der Waals surface area (Å²) in [6.07, 6.45) is 4.73. The first-order valence-electron chi connectivity index (χ1n) is 18.3. The van der Waals surface area contributed by atoms with Crippen molar-refractivity contribution in [3.63, 3.8) is 0 Å². The molecule has 1 N–H and O–H groups in total. The van der Waals surface area contributed by atoms with Gasteiger partial charge >= 0.3 is 0 Å². The molecule has 0 saturated heterocycles. The highest BCUT2D eigenvalue weighted by molar-refractivity contribution is 5.97. The van der Waals surface area contributed by atoms with Gasteiger partial charge in [0.05, 0.1) is 0 Å². The van der Waals surface area contributed by atoms with Crippen LogP contribution in [0.2, 0.25) is 0 Å². The lowest BCUT2D eigenvalue weighted by molar-refractivity contribution is 0.587. The van der Waals surface area contributed by atoms with Crippen LogP contribution in [0.15, 0.2) is 146 Å². The first kappa shape index (κ1) is 33.9. The molecule has 0 radical (unpaired) electrons.